The number of nitrogens with one attached hydrogen (secondary N) is 1. The molecule has 2 heterocycles. The van der Waals surface area contributed by atoms with Gasteiger partial charge in [-0.3, -0.25) is 14.4 Å². The Morgan fingerprint density at radius 2 is 2.32 bits per heavy atom. The van der Waals surface area contributed by atoms with Crippen molar-refractivity contribution in [2.75, 3.05) is 40.0 Å². The van der Waals surface area contributed by atoms with Gasteiger partial charge in [0.05, 0.1) is 24.9 Å². The molecular weight excluding hydrogens is 356 g/mol. The number of carbonyl (C=O) groups is 1. The number of benzene rings is 1. The molecule has 2 fully saturated rings. The third-order valence-electron chi connectivity index (χ3n) is 5.52. The number of methoxy groups -OCH3 is 1. The summed E-state index contributed by atoms with van der Waals surface area (Å²) in [4.78, 5) is 15.0. The van der Waals surface area contributed by atoms with Crippen LogP contribution < -0.4 is 5.32 Å². The Hall–Kier alpha value is -1.80. The van der Waals surface area contributed by atoms with Gasteiger partial charge < -0.3 is 14.8 Å². The fourth-order valence-corrected chi connectivity index (χ4v) is 3.81. The van der Waals surface area contributed by atoms with E-state index in [1.54, 1.807) is 7.11 Å². The third kappa shape index (κ3) is 4.78. The molecule has 1 saturated heterocycles. The van der Waals surface area contributed by atoms with Crippen LogP contribution in [-0.4, -0.2) is 72.6 Å². The van der Waals surface area contributed by atoms with Gasteiger partial charge in [0.25, 0.3) is 0 Å². The minimum absolute atomic E-state index is 0.185. The zero-order chi connectivity index (χ0) is 19.3. The molecule has 2 aromatic rings. The van der Waals surface area contributed by atoms with Gasteiger partial charge in [0.15, 0.2) is 5.78 Å². The van der Waals surface area contributed by atoms with Crippen LogP contribution in [0.25, 0.3) is 10.9 Å². The number of aromatic nitrogens is 2. The van der Waals surface area contributed by atoms with E-state index < -0.39 is 0 Å². The highest BCUT2D eigenvalue weighted by atomic mass is 16.5. The van der Waals surface area contributed by atoms with E-state index in [0.29, 0.717) is 25.7 Å². The molecule has 1 aromatic heterocycles. The van der Waals surface area contributed by atoms with Crippen LogP contribution in [0, 0.1) is 0 Å². The van der Waals surface area contributed by atoms with Gasteiger partial charge in [-0.15, -0.1) is 0 Å². The molecule has 1 aromatic carbocycles. The first kappa shape index (κ1) is 19.5. The van der Waals surface area contributed by atoms with Crippen molar-refractivity contribution in [2.45, 2.75) is 44.5 Å². The highest BCUT2D eigenvalue weighted by Gasteiger charge is 2.32. The first-order valence-corrected chi connectivity index (χ1v) is 10.3. The maximum Gasteiger partial charge on any atom is 0.176 e. The lowest BCUT2D eigenvalue weighted by molar-refractivity contribution is -0.133. The van der Waals surface area contributed by atoms with Crippen LogP contribution in [-0.2, 0) is 27.4 Å². The summed E-state index contributed by atoms with van der Waals surface area (Å²) in [5, 5.41) is 8.91. The molecule has 7 heteroatoms. The number of fused-ring (bicyclic) bond motifs is 1. The first-order chi connectivity index (χ1) is 13.7. The van der Waals surface area contributed by atoms with Crippen molar-refractivity contribution < 1.29 is 14.3 Å². The number of nitrogens with zero attached hydrogens (tertiary/aromatic N) is 3. The van der Waals surface area contributed by atoms with Crippen LogP contribution in [0.3, 0.4) is 0 Å². The standard InChI is InChI=1S/C21H30N4O3/c1-27-9-2-8-25-19-11-16(3-4-17(19)12-23-25)14-24(18-5-6-18)15-20(26)21-13-22-7-10-28-21/h3-4,11-12,18,21-22H,2,5-10,13-15H2,1H3/t21-/m1/s1. The molecule has 7 nitrogen and oxygen atoms in total. The largest absolute Gasteiger partial charge is 0.385 e. The van der Waals surface area contributed by atoms with Crippen molar-refractivity contribution in [2.24, 2.45) is 0 Å². The fraction of sp³-hybridized carbons (Fsp3) is 0.619. The summed E-state index contributed by atoms with van der Waals surface area (Å²) < 4.78 is 12.8. The Bertz CT molecular complexity index is 796. The van der Waals surface area contributed by atoms with Crippen LogP contribution in [0.15, 0.2) is 24.4 Å². The number of Topliss-reactive ketones (excluding diaryl/α,β-unsaturated/α-hetero) is 1. The lowest BCUT2D eigenvalue weighted by atomic mass is 10.1. The summed E-state index contributed by atoms with van der Waals surface area (Å²) in [5.41, 5.74) is 2.37. The number of ether oxygens (including phenoxy) is 2. The molecule has 1 atom stereocenters. The van der Waals surface area contributed by atoms with E-state index in [9.17, 15) is 4.79 Å². The van der Waals surface area contributed by atoms with Crippen LogP contribution in [0.4, 0.5) is 0 Å². The molecule has 0 spiro atoms. The number of rotatable bonds is 10. The maximum atomic E-state index is 12.7. The number of hydrogen-bond acceptors (Lipinski definition) is 6. The molecule has 2 aliphatic rings. The fourth-order valence-electron chi connectivity index (χ4n) is 3.81. The number of morpholine rings is 1. The normalized spacial score (nSPS) is 20.1. The summed E-state index contributed by atoms with van der Waals surface area (Å²) >= 11 is 0. The molecule has 4 rings (SSSR count). The predicted molar refractivity (Wildman–Crippen MR) is 107 cm³/mol. The number of aryl methyl sites for hydroxylation is 1. The highest BCUT2D eigenvalue weighted by molar-refractivity contribution is 5.85. The molecule has 0 bridgehead atoms. The molecule has 0 radical (unpaired) electrons. The maximum absolute atomic E-state index is 12.7. The van der Waals surface area contributed by atoms with Gasteiger partial charge in [0.2, 0.25) is 0 Å². The van der Waals surface area contributed by atoms with Gasteiger partial charge in [-0.2, -0.15) is 5.10 Å². The molecule has 1 aliphatic carbocycles. The second-order valence-corrected chi connectivity index (χ2v) is 7.77. The topological polar surface area (TPSA) is 68.6 Å². The Morgan fingerprint density at radius 3 is 3.07 bits per heavy atom. The minimum atomic E-state index is -0.306. The van der Waals surface area contributed by atoms with E-state index in [0.717, 1.165) is 43.6 Å². The van der Waals surface area contributed by atoms with Crippen LogP contribution in [0.1, 0.15) is 24.8 Å². The minimum Gasteiger partial charge on any atom is -0.385 e. The monoisotopic (exact) mass is 386 g/mol. The van der Waals surface area contributed by atoms with Crippen molar-refractivity contribution in [3.05, 3.63) is 30.0 Å². The van der Waals surface area contributed by atoms with Crippen molar-refractivity contribution in [1.82, 2.24) is 20.0 Å². The smallest absolute Gasteiger partial charge is 0.176 e. The molecule has 28 heavy (non-hydrogen) atoms. The van der Waals surface area contributed by atoms with Gasteiger partial charge in [0.1, 0.15) is 6.10 Å². The molecular formula is C21H30N4O3. The molecule has 1 N–H and O–H groups in total. The van der Waals surface area contributed by atoms with Gasteiger partial charge in [-0.25, -0.2) is 0 Å². The Kier molecular flexibility index (Phi) is 6.36. The number of carbonyl (C=O) groups excluding carboxylic acids is 1. The van der Waals surface area contributed by atoms with E-state index in [-0.39, 0.29) is 11.9 Å². The van der Waals surface area contributed by atoms with Crippen molar-refractivity contribution in [3.8, 4) is 0 Å². The van der Waals surface area contributed by atoms with Gasteiger partial charge in [-0.05, 0) is 30.9 Å². The summed E-state index contributed by atoms with van der Waals surface area (Å²) in [6.45, 7) is 4.90. The Labute approximate surface area is 166 Å². The molecule has 0 amide bonds. The summed E-state index contributed by atoms with van der Waals surface area (Å²) in [6.07, 6.45) is 4.90. The zero-order valence-corrected chi connectivity index (χ0v) is 16.6. The van der Waals surface area contributed by atoms with E-state index in [4.69, 9.17) is 9.47 Å². The van der Waals surface area contributed by atoms with Gasteiger partial charge in [0, 0.05) is 51.3 Å². The number of ketones is 1. The van der Waals surface area contributed by atoms with Crippen molar-refractivity contribution in [1.29, 1.82) is 0 Å². The lowest BCUT2D eigenvalue weighted by Gasteiger charge is -2.27. The van der Waals surface area contributed by atoms with Crippen molar-refractivity contribution in [3.63, 3.8) is 0 Å². The second kappa shape index (κ2) is 9.13. The SMILES string of the molecule is COCCCn1ncc2ccc(CN(CC(=O)[C@H]3CNCCO3)C3CC3)cc21. The predicted octanol–water partition coefficient (Wildman–Crippen LogP) is 1.59. The van der Waals surface area contributed by atoms with Gasteiger partial charge in [-0.1, -0.05) is 12.1 Å². The summed E-state index contributed by atoms with van der Waals surface area (Å²) in [5.74, 6) is 0.185. The number of hydrogen-bond donors (Lipinski definition) is 1. The molecule has 1 saturated carbocycles. The van der Waals surface area contributed by atoms with Gasteiger partial charge >= 0.3 is 0 Å². The van der Waals surface area contributed by atoms with Crippen LogP contribution in [0.5, 0.6) is 0 Å². The molecule has 0 unspecified atom stereocenters. The summed E-state index contributed by atoms with van der Waals surface area (Å²) in [6, 6.07) is 7.02. The summed E-state index contributed by atoms with van der Waals surface area (Å²) in [7, 11) is 1.72. The molecule has 1 aliphatic heterocycles. The van der Waals surface area contributed by atoms with E-state index in [1.165, 1.54) is 18.4 Å². The van der Waals surface area contributed by atoms with E-state index >= 15 is 0 Å². The highest BCUT2D eigenvalue weighted by Crippen LogP contribution is 2.29. The van der Waals surface area contributed by atoms with Crippen LogP contribution >= 0.6 is 0 Å². The van der Waals surface area contributed by atoms with E-state index in [1.807, 2.05) is 10.9 Å². The first-order valence-electron chi connectivity index (χ1n) is 10.3. The van der Waals surface area contributed by atoms with Crippen molar-refractivity contribution >= 4 is 16.7 Å². The van der Waals surface area contributed by atoms with E-state index in [2.05, 4.69) is 33.5 Å². The third-order valence-corrected chi connectivity index (χ3v) is 5.52. The molecule has 152 valence electrons. The quantitative estimate of drug-likeness (QED) is 0.626. The lowest BCUT2D eigenvalue weighted by Crippen LogP contribution is -2.47. The zero-order valence-electron chi connectivity index (χ0n) is 16.6. The van der Waals surface area contributed by atoms with Crippen LogP contribution in [0.2, 0.25) is 0 Å². The average molecular weight is 386 g/mol. The average Bonchev–Trinajstić information content (AvgIpc) is 3.50. The Balaban J connectivity index is 1.43. The Morgan fingerprint density at radius 1 is 1.43 bits per heavy atom. The second-order valence-electron chi connectivity index (χ2n) is 7.77.